The van der Waals surface area contributed by atoms with Crippen molar-refractivity contribution in [1.82, 2.24) is 4.98 Å². The van der Waals surface area contributed by atoms with Crippen LogP contribution in [-0.4, -0.2) is 10.9 Å². The van der Waals surface area contributed by atoms with Gasteiger partial charge in [-0.1, -0.05) is 30.7 Å². The number of hydrogen-bond acceptors (Lipinski definition) is 3. The molecule has 0 radical (unpaired) electrons. The molecule has 0 fully saturated rings. The SMILES string of the molecule is CCc1cc(Br)c2oc(-c3ccc(NC(=O)/C=C/c4ccc(Cl)cc4)cc3)nc2c1. The van der Waals surface area contributed by atoms with E-state index in [9.17, 15) is 4.79 Å². The topological polar surface area (TPSA) is 55.1 Å². The fourth-order valence-electron chi connectivity index (χ4n) is 3.00. The molecule has 6 heteroatoms. The Labute approximate surface area is 187 Å². The third kappa shape index (κ3) is 4.64. The minimum absolute atomic E-state index is 0.212. The Morgan fingerprint density at radius 2 is 1.87 bits per heavy atom. The van der Waals surface area contributed by atoms with Crippen LogP contribution in [0.15, 0.2) is 75.6 Å². The predicted octanol–water partition coefficient (Wildman–Crippen LogP) is 7.13. The smallest absolute Gasteiger partial charge is 0.248 e. The van der Waals surface area contributed by atoms with Crippen molar-refractivity contribution in [3.05, 3.63) is 87.4 Å². The normalized spacial score (nSPS) is 11.3. The maximum absolute atomic E-state index is 12.2. The molecule has 4 nitrogen and oxygen atoms in total. The number of hydrogen-bond donors (Lipinski definition) is 1. The number of halogens is 2. The van der Waals surface area contributed by atoms with E-state index in [4.69, 9.17) is 16.0 Å². The van der Waals surface area contributed by atoms with Crippen LogP contribution in [0.5, 0.6) is 0 Å². The second kappa shape index (κ2) is 8.86. The summed E-state index contributed by atoms with van der Waals surface area (Å²) in [6, 6.07) is 18.7. The van der Waals surface area contributed by atoms with E-state index < -0.39 is 0 Å². The first-order chi connectivity index (χ1) is 14.5. The van der Waals surface area contributed by atoms with E-state index in [2.05, 4.69) is 33.2 Å². The van der Waals surface area contributed by atoms with Crippen molar-refractivity contribution < 1.29 is 9.21 Å². The van der Waals surface area contributed by atoms with Gasteiger partial charge < -0.3 is 9.73 Å². The Kier molecular flexibility index (Phi) is 6.02. The maximum Gasteiger partial charge on any atom is 0.248 e. The number of fused-ring (bicyclic) bond motifs is 1. The largest absolute Gasteiger partial charge is 0.435 e. The molecule has 0 atom stereocenters. The highest BCUT2D eigenvalue weighted by atomic mass is 79.9. The molecule has 0 aliphatic carbocycles. The van der Waals surface area contributed by atoms with Crippen LogP contribution in [0.4, 0.5) is 5.69 Å². The molecular weight excluding hydrogens is 464 g/mol. The van der Waals surface area contributed by atoms with Crippen LogP contribution in [0.3, 0.4) is 0 Å². The lowest BCUT2D eigenvalue weighted by Gasteiger charge is -2.03. The molecule has 0 saturated heterocycles. The van der Waals surface area contributed by atoms with E-state index in [-0.39, 0.29) is 5.91 Å². The lowest BCUT2D eigenvalue weighted by atomic mass is 10.1. The Morgan fingerprint density at radius 3 is 2.57 bits per heavy atom. The van der Waals surface area contributed by atoms with Gasteiger partial charge in [0.25, 0.3) is 0 Å². The molecule has 1 amide bonds. The monoisotopic (exact) mass is 480 g/mol. The molecule has 1 aromatic heterocycles. The van der Waals surface area contributed by atoms with Gasteiger partial charge in [-0.05, 0) is 88.1 Å². The first-order valence-electron chi connectivity index (χ1n) is 9.46. The van der Waals surface area contributed by atoms with Crippen molar-refractivity contribution in [1.29, 1.82) is 0 Å². The van der Waals surface area contributed by atoms with Crippen molar-refractivity contribution in [2.45, 2.75) is 13.3 Å². The number of carbonyl (C=O) groups excluding carboxylic acids is 1. The zero-order valence-corrected chi connectivity index (χ0v) is 18.5. The van der Waals surface area contributed by atoms with Crippen LogP contribution < -0.4 is 5.32 Å². The number of aryl methyl sites for hydroxylation is 1. The number of oxazole rings is 1. The second-order valence-electron chi connectivity index (χ2n) is 6.75. The summed E-state index contributed by atoms with van der Waals surface area (Å²) in [5.74, 6) is 0.329. The first-order valence-corrected chi connectivity index (χ1v) is 10.6. The van der Waals surface area contributed by atoms with Gasteiger partial charge in [-0.3, -0.25) is 4.79 Å². The lowest BCUT2D eigenvalue weighted by Crippen LogP contribution is -2.07. The van der Waals surface area contributed by atoms with Gasteiger partial charge in [0, 0.05) is 22.3 Å². The molecule has 4 aromatic rings. The van der Waals surface area contributed by atoms with Crippen molar-refractivity contribution in [3.63, 3.8) is 0 Å². The standard InChI is InChI=1S/C24H18BrClN2O2/c1-2-15-13-20(25)23-21(14-15)28-24(30-23)17-6-10-19(11-7-17)27-22(29)12-5-16-3-8-18(26)9-4-16/h3-14H,2H2,1H3,(H,27,29)/b12-5+. The number of aromatic nitrogens is 1. The molecule has 0 saturated carbocycles. The summed E-state index contributed by atoms with van der Waals surface area (Å²) in [5.41, 5.74) is 5.17. The molecule has 150 valence electrons. The Hall–Kier alpha value is -2.89. The summed E-state index contributed by atoms with van der Waals surface area (Å²) >= 11 is 9.42. The molecule has 0 aliphatic heterocycles. The summed E-state index contributed by atoms with van der Waals surface area (Å²) in [5, 5.41) is 3.50. The van der Waals surface area contributed by atoms with Crippen LogP contribution >= 0.6 is 27.5 Å². The predicted molar refractivity (Wildman–Crippen MR) is 126 cm³/mol. The highest BCUT2D eigenvalue weighted by molar-refractivity contribution is 9.10. The minimum Gasteiger partial charge on any atom is -0.435 e. The Morgan fingerprint density at radius 1 is 1.13 bits per heavy atom. The third-order valence-electron chi connectivity index (χ3n) is 4.61. The number of rotatable bonds is 5. The summed E-state index contributed by atoms with van der Waals surface area (Å²) in [7, 11) is 0. The number of anilines is 1. The van der Waals surface area contributed by atoms with Crippen molar-refractivity contribution in [2.75, 3.05) is 5.32 Å². The van der Waals surface area contributed by atoms with Gasteiger partial charge in [-0.25, -0.2) is 4.98 Å². The first kappa shape index (κ1) is 20.4. The number of benzene rings is 3. The summed E-state index contributed by atoms with van der Waals surface area (Å²) in [6.45, 7) is 2.10. The van der Waals surface area contributed by atoms with Gasteiger partial charge in [0.1, 0.15) is 5.52 Å². The number of nitrogens with zero attached hydrogens (tertiary/aromatic N) is 1. The molecule has 0 aliphatic rings. The molecular formula is C24H18BrClN2O2. The molecule has 4 rings (SSSR count). The van der Waals surface area contributed by atoms with E-state index in [1.54, 1.807) is 18.2 Å². The van der Waals surface area contributed by atoms with Crippen molar-refractivity contribution in [2.24, 2.45) is 0 Å². The highest BCUT2D eigenvalue weighted by Crippen LogP contribution is 2.31. The van der Waals surface area contributed by atoms with Gasteiger partial charge >= 0.3 is 0 Å². The molecule has 1 heterocycles. The maximum atomic E-state index is 12.2. The van der Waals surface area contributed by atoms with E-state index in [0.717, 1.165) is 33.1 Å². The van der Waals surface area contributed by atoms with Crippen molar-refractivity contribution in [3.8, 4) is 11.5 Å². The molecule has 0 unspecified atom stereocenters. The molecule has 1 N–H and O–H groups in total. The highest BCUT2D eigenvalue weighted by Gasteiger charge is 2.12. The fourth-order valence-corrected chi connectivity index (χ4v) is 3.70. The second-order valence-corrected chi connectivity index (χ2v) is 8.04. The van der Waals surface area contributed by atoms with Crippen LogP contribution in [0.1, 0.15) is 18.1 Å². The summed E-state index contributed by atoms with van der Waals surface area (Å²) < 4.78 is 6.83. The van der Waals surface area contributed by atoms with Crippen LogP contribution in [0.2, 0.25) is 5.02 Å². The number of nitrogens with one attached hydrogen (secondary N) is 1. The summed E-state index contributed by atoms with van der Waals surface area (Å²) in [4.78, 5) is 16.8. The number of carbonyl (C=O) groups is 1. The van der Waals surface area contributed by atoms with E-state index in [1.165, 1.54) is 11.6 Å². The average Bonchev–Trinajstić information content (AvgIpc) is 3.18. The zero-order chi connectivity index (χ0) is 21.1. The molecule has 0 bridgehead atoms. The minimum atomic E-state index is -0.212. The zero-order valence-electron chi connectivity index (χ0n) is 16.2. The average molecular weight is 482 g/mol. The van der Waals surface area contributed by atoms with E-state index >= 15 is 0 Å². The van der Waals surface area contributed by atoms with Gasteiger partial charge in [0.15, 0.2) is 5.58 Å². The Balaban J connectivity index is 1.47. The van der Waals surface area contributed by atoms with Crippen LogP contribution in [0, 0.1) is 0 Å². The van der Waals surface area contributed by atoms with Gasteiger partial charge in [0.2, 0.25) is 11.8 Å². The lowest BCUT2D eigenvalue weighted by molar-refractivity contribution is -0.111. The third-order valence-corrected chi connectivity index (χ3v) is 5.45. The van der Waals surface area contributed by atoms with Gasteiger partial charge in [0.05, 0.1) is 4.47 Å². The van der Waals surface area contributed by atoms with E-state index in [1.807, 2.05) is 48.5 Å². The molecule has 0 spiro atoms. The Bertz CT molecular complexity index is 1230. The van der Waals surface area contributed by atoms with Gasteiger partial charge in [-0.15, -0.1) is 0 Å². The molecule has 30 heavy (non-hydrogen) atoms. The number of amides is 1. The fraction of sp³-hybridized carbons (Fsp3) is 0.0833. The van der Waals surface area contributed by atoms with E-state index in [0.29, 0.717) is 16.6 Å². The van der Waals surface area contributed by atoms with Gasteiger partial charge in [-0.2, -0.15) is 0 Å². The van der Waals surface area contributed by atoms with Crippen molar-refractivity contribution >= 4 is 56.3 Å². The van der Waals surface area contributed by atoms with Crippen LogP contribution in [-0.2, 0) is 11.2 Å². The van der Waals surface area contributed by atoms with Crippen LogP contribution in [0.25, 0.3) is 28.6 Å². The molecule has 3 aromatic carbocycles. The quantitative estimate of drug-likeness (QED) is 0.309. The summed E-state index contributed by atoms with van der Waals surface area (Å²) in [6.07, 6.45) is 4.15.